The van der Waals surface area contributed by atoms with Crippen molar-refractivity contribution in [3.63, 3.8) is 0 Å². The highest BCUT2D eigenvalue weighted by atomic mass is 16.3. The summed E-state index contributed by atoms with van der Waals surface area (Å²) in [6.07, 6.45) is 1.51. The number of aliphatic hydroxyl groups is 1. The molecule has 1 heterocycles. The molecule has 1 atom stereocenters. The Bertz CT molecular complexity index is 535. The highest BCUT2D eigenvalue weighted by Crippen LogP contribution is 2.28. The average Bonchev–Trinajstić information content (AvgIpc) is 2.79. The van der Waals surface area contributed by atoms with Crippen molar-refractivity contribution >= 4 is 22.6 Å². The third kappa shape index (κ3) is 2.02. The number of anilines is 1. The lowest BCUT2D eigenvalue weighted by atomic mass is 10.2. The minimum absolute atomic E-state index is 0.348. The molecule has 3 N–H and O–H groups in total. The maximum absolute atomic E-state index is 11.8. The predicted octanol–water partition coefficient (Wildman–Crippen LogP) is 0.715. The largest absolute Gasteiger partial charge is 0.462 e. The molecule has 1 unspecified atom stereocenters. The summed E-state index contributed by atoms with van der Waals surface area (Å²) in [5, 5.41) is 9.71. The quantitative estimate of drug-likeness (QED) is 0.819. The SMILES string of the molecule is CN(C(=O)C(N)CO)c1coc2ccccc12. The number of rotatable bonds is 3. The van der Waals surface area contributed by atoms with Gasteiger partial charge >= 0.3 is 0 Å². The van der Waals surface area contributed by atoms with Gasteiger partial charge in [0.1, 0.15) is 17.9 Å². The number of furan rings is 1. The number of hydrogen-bond acceptors (Lipinski definition) is 4. The molecule has 5 heteroatoms. The van der Waals surface area contributed by atoms with Crippen LogP contribution in [0, 0.1) is 0 Å². The Kier molecular flexibility index (Phi) is 3.12. The Morgan fingerprint density at radius 3 is 2.94 bits per heavy atom. The van der Waals surface area contributed by atoms with Gasteiger partial charge < -0.3 is 20.2 Å². The van der Waals surface area contributed by atoms with Gasteiger partial charge in [-0.3, -0.25) is 4.79 Å². The smallest absolute Gasteiger partial charge is 0.246 e. The minimum Gasteiger partial charge on any atom is -0.462 e. The van der Waals surface area contributed by atoms with Gasteiger partial charge in [0, 0.05) is 12.4 Å². The summed E-state index contributed by atoms with van der Waals surface area (Å²) in [5.41, 5.74) is 6.85. The van der Waals surface area contributed by atoms with E-state index in [2.05, 4.69) is 0 Å². The van der Waals surface area contributed by atoms with Crippen molar-refractivity contribution in [2.24, 2.45) is 5.73 Å². The first-order chi connectivity index (χ1) is 8.15. The minimum atomic E-state index is -0.909. The summed E-state index contributed by atoms with van der Waals surface area (Å²) in [6, 6.07) is 6.50. The number of hydrogen-bond donors (Lipinski definition) is 2. The van der Waals surface area contributed by atoms with E-state index in [1.54, 1.807) is 7.05 Å². The molecule has 0 saturated carbocycles. The molecule has 1 aromatic heterocycles. The number of carbonyl (C=O) groups is 1. The van der Waals surface area contributed by atoms with Crippen LogP contribution >= 0.6 is 0 Å². The molecule has 0 spiro atoms. The van der Waals surface area contributed by atoms with Gasteiger partial charge in [-0.1, -0.05) is 12.1 Å². The number of carbonyl (C=O) groups excluding carboxylic acids is 1. The number of fused-ring (bicyclic) bond motifs is 1. The van der Waals surface area contributed by atoms with Crippen LogP contribution in [0.4, 0.5) is 5.69 Å². The van der Waals surface area contributed by atoms with Crippen molar-refractivity contribution in [2.75, 3.05) is 18.6 Å². The molecule has 0 radical (unpaired) electrons. The van der Waals surface area contributed by atoms with Crippen LogP contribution < -0.4 is 10.6 Å². The van der Waals surface area contributed by atoms with Crippen molar-refractivity contribution in [3.05, 3.63) is 30.5 Å². The lowest BCUT2D eigenvalue weighted by Crippen LogP contribution is -2.44. The Balaban J connectivity index is 2.37. The van der Waals surface area contributed by atoms with Crippen molar-refractivity contribution in [2.45, 2.75) is 6.04 Å². The van der Waals surface area contributed by atoms with E-state index in [1.807, 2.05) is 24.3 Å². The Hall–Kier alpha value is -1.85. The Morgan fingerprint density at radius 1 is 1.53 bits per heavy atom. The van der Waals surface area contributed by atoms with E-state index in [-0.39, 0.29) is 12.5 Å². The number of likely N-dealkylation sites (N-methyl/N-ethyl adjacent to an activating group) is 1. The number of para-hydroxylation sites is 1. The van der Waals surface area contributed by atoms with E-state index in [4.69, 9.17) is 15.3 Å². The first kappa shape index (κ1) is 11.6. The van der Waals surface area contributed by atoms with Gasteiger partial charge in [0.2, 0.25) is 5.91 Å². The fourth-order valence-electron chi connectivity index (χ4n) is 1.67. The molecule has 2 rings (SSSR count). The Morgan fingerprint density at radius 2 is 2.24 bits per heavy atom. The highest BCUT2D eigenvalue weighted by Gasteiger charge is 2.21. The lowest BCUT2D eigenvalue weighted by molar-refractivity contribution is -0.120. The summed E-state index contributed by atoms with van der Waals surface area (Å²) < 4.78 is 5.34. The monoisotopic (exact) mass is 234 g/mol. The zero-order chi connectivity index (χ0) is 12.4. The van der Waals surface area contributed by atoms with Crippen LogP contribution in [0.25, 0.3) is 11.0 Å². The van der Waals surface area contributed by atoms with E-state index in [9.17, 15) is 4.79 Å². The van der Waals surface area contributed by atoms with Gasteiger partial charge in [0.15, 0.2) is 0 Å². The summed E-state index contributed by atoms with van der Waals surface area (Å²) in [4.78, 5) is 13.2. The summed E-state index contributed by atoms with van der Waals surface area (Å²) in [7, 11) is 1.61. The molecule has 0 aliphatic heterocycles. The summed E-state index contributed by atoms with van der Waals surface area (Å²) in [6.45, 7) is -0.376. The van der Waals surface area contributed by atoms with Crippen molar-refractivity contribution in [1.82, 2.24) is 0 Å². The van der Waals surface area contributed by atoms with Gasteiger partial charge in [0.25, 0.3) is 0 Å². The second kappa shape index (κ2) is 4.57. The van der Waals surface area contributed by atoms with Gasteiger partial charge in [-0.15, -0.1) is 0 Å². The average molecular weight is 234 g/mol. The second-order valence-corrected chi connectivity index (χ2v) is 3.80. The first-order valence-electron chi connectivity index (χ1n) is 5.25. The van der Waals surface area contributed by atoms with Crippen LogP contribution in [-0.2, 0) is 4.79 Å². The molecule has 17 heavy (non-hydrogen) atoms. The zero-order valence-corrected chi connectivity index (χ0v) is 9.46. The molecule has 1 amide bonds. The van der Waals surface area contributed by atoms with Gasteiger partial charge in [-0.25, -0.2) is 0 Å². The van der Waals surface area contributed by atoms with E-state index >= 15 is 0 Å². The molecular weight excluding hydrogens is 220 g/mol. The third-order valence-electron chi connectivity index (χ3n) is 2.67. The molecule has 0 aliphatic rings. The number of nitrogens with two attached hydrogens (primary N) is 1. The van der Waals surface area contributed by atoms with Crippen LogP contribution in [-0.4, -0.2) is 30.7 Å². The number of benzene rings is 1. The molecule has 1 aromatic carbocycles. The topological polar surface area (TPSA) is 79.7 Å². The van der Waals surface area contributed by atoms with Crippen LogP contribution in [0.5, 0.6) is 0 Å². The normalized spacial score (nSPS) is 12.6. The number of nitrogens with zero attached hydrogens (tertiary/aromatic N) is 1. The standard InChI is InChI=1S/C12H14N2O3/c1-14(12(16)9(13)6-15)10-7-17-11-5-3-2-4-8(10)11/h2-5,7,9,15H,6,13H2,1H3. The van der Waals surface area contributed by atoms with E-state index in [1.165, 1.54) is 11.2 Å². The molecule has 5 nitrogen and oxygen atoms in total. The highest BCUT2D eigenvalue weighted by molar-refractivity contribution is 6.03. The van der Waals surface area contributed by atoms with Gasteiger partial charge in [0.05, 0.1) is 12.3 Å². The number of aliphatic hydroxyl groups excluding tert-OH is 1. The summed E-state index contributed by atoms with van der Waals surface area (Å²) in [5.74, 6) is -0.348. The maximum atomic E-state index is 11.8. The molecular formula is C12H14N2O3. The third-order valence-corrected chi connectivity index (χ3v) is 2.67. The van der Waals surface area contributed by atoms with Crippen LogP contribution in [0.2, 0.25) is 0 Å². The molecule has 0 saturated heterocycles. The Labute approximate surface area is 98.4 Å². The van der Waals surface area contributed by atoms with E-state index in [0.717, 1.165) is 5.39 Å². The van der Waals surface area contributed by atoms with Crippen LogP contribution in [0.15, 0.2) is 34.9 Å². The molecule has 0 bridgehead atoms. The molecule has 90 valence electrons. The van der Waals surface area contributed by atoms with Crippen LogP contribution in [0.1, 0.15) is 0 Å². The van der Waals surface area contributed by atoms with E-state index in [0.29, 0.717) is 11.3 Å². The fraction of sp³-hybridized carbons (Fsp3) is 0.250. The zero-order valence-electron chi connectivity index (χ0n) is 9.46. The second-order valence-electron chi connectivity index (χ2n) is 3.80. The van der Waals surface area contributed by atoms with Crippen LogP contribution in [0.3, 0.4) is 0 Å². The summed E-state index contributed by atoms with van der Waals surface area (Å²) >= 11 is 0. The van der Waals surface area contributed by atoms with Gasteiger partial charge in [-0.2, -0.15) is 0 Å². The maximum Gasteiger partial charge on any atom is 0.246 e. The fourth-order valence-corrected chi connectivity index (χ4v) is 1.67. The van der Waals surface area contributed by atoms with Crippen molar-refractivity contribution < 1.29 is 14.3 Å². The predicted molar refractivity (Wildman–Crippen MR) is 64.7 cm³/mol. The van der Waals surface area contributed by atoms with Crippen molar-refractivity contribution in [3.8, 4) is 0 Å². The van der Waals surface area contributed by atoms with Gasteiger partial charge in [-0.05, 0) is 12.1 Å². The molecule has 0 aliphatic carbocycles. The first-order valence-corrected chi connectivity index (χ1v) is 5.25. The number of amides is 1. The molecule has 2 aromatic rings. The lowest BCUT2D eigenvalue weighted by Gasteiger charge is -2.18. The van der Waals surface area contributed by atoms with Crippen molar-refractivity contribution in [1.29, 1.82) is 0 Å². The molecule has 0 fully saturated rings. The van der Waals surface area contributed by atoms with E-state index < -0.39 is 6.04 Å².